The van der Waals surface area contributed by atoms with Crippen LogP contribution in [0.5, 0.6) is 0 Å². The molecule has 1 heterocycles. The second-order valence-electron chi connectivity index (χ2n) is 3.44. The predicted molar refractivity (Wildman–Crippen MR) is 64.8 cm³/mol. The Bertz CT molecular complexity index is 309. The van der Waals surface area contributed by atoms with Gasteiger partial charge in [-0.3, -0.25) is 4.98 Å². The molecule has 0 atom stereocenters. The standard InChI is InChI=1S/C12H19N3/c1-3-7-15(8-4-2)12-10-14-6-5-11(12)9-13/h3,5-6,10H,1,4,7-9,13H2,2H3. The van der Waals surface area contributed by atoms with Crippen molar-refractivity contribution in [2.24, 2.45) is 5.73 Å². The SMILES string of the molecule is C=CCN(CCC)c1cnccc1CN. The molecular weight excluding hydrogens is 186 g/mol. The largest absolute Gasteiger partial charge is 0.366 e. The van der Waals surface area contributed by atoms with Gasteiger partial charge in [0, 0.05) is 25.8 Å². The van der Waals surface area contributed by atoms with E-state index in [1.807, 2.05) is 18.3 Å². The van der Waals surface area contributed by atoms with Crippen LogP contribution in [0, 0.1) is 0 Å². The topological polar surface area (TPSA) is 42.2 Å². The summed E-state index contributed by atoms with van der Waals surface area (Å²) < 4.78 is 0. The van der Waals surface area contributed by atoms with Gasteiger partial charge in [0.15, 0.2) is 0 Å². The molecular formula is C12H19N3. The summed E-state index contributed by atoms with van der Waals surface area (Å²) >= 11 is 0. The van der Waals surface area contributed by atoms with Gasteiger partial charge >= 0.3 is 0 Å². The summed E-state index contributed by atoms with van der Waals surface area (Å²) in [6.07, 6.45) is 6.67. The summed E-state index contributed by atoms with van der Waals surface area (Å²) in [7, 11) is 0. The van der Waals surface area contributed by atoms with E-state index in [-0.39, 0.29) is 0 Å². The van der Waals surface area contributed by atoms with E-state index in [9.17, 15) is 0 Å². The lowest BCUT2D eigenvalue weighted by molar-refractivity contribution is 0.806. The maximum absolute atomic E-state index is 5.70. The highest BCUT2D eigenvalue weighted by Gasteiger charge is 2.07. The van der Waals surface area contributed by atoms with E-state index in [1.54, 1.807) is 6.20 Å². The van der Waals surface area contributed by atoms with E-state index >= 15 is 0 Å². The lowest BCUT2D eigenvalue weighted by atomic mass is 10.2. The zero-order chi connectivity index (χ0) is 11.1. The smallest absolute Gasteiger partial charge is 0.0601 e. The molecule has 1 rings (SSSR count). The Morgan fingerprint density at radius 3 is 3.00 bits per heavy atom. The van der Waals surface area contributed by atoms with Crippen LogP contribution in [0.3, 0.4) is 0 Å². The Kier molecular flexibility index (Phi) is 4.84. The van der Waals surface area contributed by atoms with Gasteiger partial charge in [0.05, 0.1) is 11.9 Å². The molecule has 0 bridgehead atoms. The third-order valence-corrected chi connectivity index (χ3v) is 2.29. The lowest BCUT2D eigenvalue weighted by Gasteiger charge is -2.24. The molecule has 0 saturated heterocycles. The van der Waals surface area contributed by atoms with Crippen molar-refractivity contribution in [1.82, 2.24) is 4.98 Å². The molecule has 0 fully saturated rings. The molecule has 3 heteroatoms. The summed E-state index contributed by atoms with van der Waals surface area (Å²) in [6.45, 7) is 8.33. The van der Waals surface area contributed by atoms with Crippen LogP contribution >= 0.6 is 0 Å². The Morgan fingerprint density at radius 1 is 1.60 bits per heavy atom. The Morgan fingerprint density at radius 2 is 2.40 bits per heavy atom. The number of hydrogen-bond donors (Lipinski definition) is 1. The number of nitrogens with two attached hydrogens (primary N) is 1. The molecule has 0 unspecified atom stereocenters. The molecule has 1 aromatic rings. The third kappa shape index (κ3) is 3.06. The zero-order valence-electron chi connectivity index (χ0n) is 9.32. The fraction of sp³-hybridized carbons (Fsp3) is 0.417. The highest BCUT2D eigenvalue weighted by Crippen LogP contribution is 2.18. The highest BCUT2D eigenvalue weighted by atomic mass is 15.1. The maximum Gasteiger partial charge on any atom is 0.0601 e. The first-order valence-corrected chi connectivity index (χ1v) is 5.32. The van der Waals surface area contributed by atoms with Gasteiger partial charge in [0.1, 0.15) is 0 Å². The number of rotatable bonds is 6. The Hall–Kier alpha value is -1.35. The van der Waals surface area contributed by atoms with E-state index in [4.69, 9.17) is 5.73 Å². The molecule has 0 amide bonds. The average molecular weight is 205 g/mol. The third-order valence-electron chi connectivity index (χ3n) is 2.29. The molecule has 0 saturated carbocycles. The van der Waals surface area contributed by atoms with Crippen LogP contribution in [0.1, 0.15) is 18.9 Å². The van der Waals surface area contributed by atoms with Crippen molar-refractivity contribution in [3.05, 3.63) is 36.7 Å². The number of nitrogens with zero attached hydrogens (tertiary/aromatic N) is 2. The zero-order valence-corrected chi connectivity index (χ0v) is 9.32. The number of aromatic nitrogens is 1. The van der Waals surface area contributed by atoms with E-state index < -0.39 is 0 Å². The number of anilines is 1. The van der Waals surface area contributed by atoms with Gasteiger partial charge in [-0.2, -0.15) is 0 Å². The van der Waals surface area contributed by atoms with Crippen LogP contribution in [-0.2, 0) is 6.54 Å². The second kappa shape index (κ2) is 6.19. The van der Waals surface area contributed by atoms with Crippen molar-refractivity contribution in [3.8, 4) is 0 Å². The average Bonchev–Trinajstić information content (AvgIpc) is 2.29. The normalized spacial score (nSPS) is 10.0. The van der Waals surface area contributed by atoms with E-state index in [2.05, 4.69) is 23.4 Å². The van der Waals surface area contributed by atoms with Gasteiger partial charge in [-0.15, -0.1) is 6.58 Å². The minimum absolute atomic E-state index is 0.551. The van der Waals surface area contributed by atoms with Crippen LogP contribution in [0.4, 0.5) is 5.69 Å². The molecule has 0 radical (unpaired) electrons. The van der Waals surface area contributed by atoms with Crippen LogP contribution in [0.2, 0.25) is 0 Å². The van der Waals surface area contributed by atoms with Gasteiger partial charge < -0.3 is 10.6 Å². The Labute approximate surface area is 91.6 Å². The van der Waals surface area contributed by atoms with Crippen molar-refractivity contribution < 1.29 is 0 Å². The van der Waals surface area contributed by atoms with Crippen LogP contribution in [-0.4, -0.2) is 18.1 Å². The summed E-state index contributed by atoms with van der Waals surface area (Å²) in [4.78, 5) is 6.40. The minimum atomic E-state index is 0.551. The summed E-state index contributed by atoms with van der Waals surface area (Å²) in [5.41, 5.74) is 7.97. The first-order valence-electron chi connectivity index (χ1n) is 5.32. The first-order chi connectivity index (χ1) is 7.33. The van der Waals surface area contributed by atoms with Gasteiger partial charge in [-0.05, 0) is 18.1 Å². The maximum atomic E-state index is 5.70. The van der Waals surface area contributed by atoms with Crippen LogP contribution < -0.4 is 10.6 Å². The quantitative estimate of drug-likeness (QED) is 0.722. The molecule has 3 nitrogen and oxygen atoms in total. The molecule has 0 spiro atoms. The van der Waals surface area contributed by atoms with Crippen molar-refractivity contribution >= 4 is 5.69 Å². The molecule has 82 valence electrons. The Balaban J connectivity index is 2.92. The van der Waals surface area contributed by atoms with Crippen molar-refractivity contribution in [1.29, 1.82) is 0 Å². The second-order valence-corrected chi connectivity index (χ2v) is 3.44. The molecule has 0 aromatic carbocycles. The van der Waals surface area contributed by atoms with Crippen LogP contribution in [0.25, 0.3) is 0 Å². The predicted octanol–water partition coefficient (Wildman–Crippen LogP) is 1.94. The monoisotopic (exact) mass is 205 g/mol. The van der Waals surface area contributed by atoms with Crippen LogP contribution in [0.15, 0.2) is 31.1 Å². The molecule has 0 aliphatic rings. The van der Waals surface area contributed by atoms with Gasteiger partial charge in [0.2, 0.25) is 0 Å². The molecule has 0 aliphatic heterocycles. The summed E-state index contributed by atoms with van der Waals surface area (Å²) in [5.74, 6) is 0. The van der Waals surface area contributed by atoms with E-state index in [0.29, 0.717) is 6.54 Å². The summed E-state index contributed by atoms with van der Waals surface area (Å²) in [6, 6.07) is 1.97. The summed E-state index contributed by atoms with van der Waals surface area (Å²) in [5, 5.41) is 0. The van der Waals surface area contributed by atoms with E-state index in [1.165, 1.54) is 0 Å². The van der Waals surface area contributed by atoms with Crippen molar-refractivity contribution in [2.75, 3.05) is 18.0 Å². The van der Waals surface area contributed by atoms with E-state index in [0.717, 1.165) is 30.8 Å². The molecule has 15 heavy (non-hydrogen) atoms. The lowest BCUT2D eigenvalue weighted by Crippen LogP contribution is -2.25. The highest BCUT2D eigenvalue weighted by molar-refractivity contribution is 5.52. The molecule has 0 aliphatic carbocycles. The number of pyridine rings is 1. The minimum Gasteiger partial charge on any atom is -0.366 e. The first kappa shape index (κ1) is 11.7. The van der Waals surface area contributed by atoms with Gasteiger partial charge in [0.25, 0.3) is 0 Å². The fourth-order valence-electron chi connectivity index (χ4n) is 1.61. The molecule has 2 N–H and O–H groups in total. The van der Waals surface area contributed by atoms with Crippen molar-refractivity contribution in [2.45, 2.75) is 19.9 Å². The van der Waals surface area contributed by atoms with Crippen molar-refractivity contribution in [3.63, 3.8) is 0 Å². The molecule has 1 aromatic heterocycles. The van der Waals surface area contributed by atoms with Gasteiger partial charge in [-0.25, -0.2) is 0 Å². The number of hydrogen-bond acceptors (Lipinski definition) is 3. The van der Waals surface area contributed by atoms with Gasteiger partial charge in [-0.1, -0.05) is 13.0 Å². The fourth-order valence-corrected chi connectivity index (χ4v) is 1.61.